The van der Waals surface area contributed by atoms with Gasteiger partial charge in [0.15, 0.2) is 0 Å². The van der Waals surface area contributed by atoms with Crippen LogP contribution in [0.1, 0.15) is 57.8 Å². The Morgan fingerprint density at radius 2 is 1.35 bits per heavy atom. The van der Waals surface area contributed by atoms with E-state index >= 15 is 0 Å². The number of piperidine rings is 1. The number of hydrogen-bond acceptors (Lipinski definition) is 1. The summed E-state index contributed by atoms with van der Waals surface area (Å²) in [6.45, 7) is 0. The van der Waals surface area contributed by atoms with Crippen molar-refractivity contribution >= 4 is 0 Å². The maximum absolute atomic E-state index is 14.5. The molecule has 17 heavy (non-hydrogen) atoms. The molecule has 3 rings (SSSR count). The highest BCUT2D eigenvalue weighted by atomic mass is 19.3. The first-order valence-electron chi connectivity index (χ1n) is 7.30. The van der Waals surface area contributed by atoms with Crippen molar-refractivity contribution in [3.05, 3.63) is 0 Å². The number of halogens is 2. The van der Waals surface area contributed by atoms with Crippen molar-refractivity contribution in [2.45, 2.75) is 75.8 Å². The minimum absolute atomic E-state index is 0.321. The van der Waals surface area contributed by atoms with Crippen LogP contribution in [0.15, 0.2) is 0 Å². The lowest BCUT2D eigenvalue weighted by Crippen LogP contribution is -2.47. The predicted molar refractivity (Wildman–Crippen MR) is 64.2 cm³/mol. The van der Waals surface area contributed by atoms with Crippen LogP contribution < -0.4 is 5.32 Å². The molecule has 2 bridgehead atoms. The van der Waals surface area contributed by atoms with Gasteiger partial charge >= 0.3 is 0 Å². The molecule has 2 heterocycles. The molecule has 1 N–H and O–H groups in total. The second-order valence-electron chi connectivity index (χ2n) is 6.32. The first kappa shape index (κ1) is 11.9. The molecule has 3 fully saturated rings. The molecule has 1 nitrogen and oxygen atoms in total. The van der Waals surface area contributed by atoms with Gasteiger partial charge in [-0.25, -0.2) is 8.78 Å². The first-order chi connectivity index (χ1) is 8.16. The number of hydrogen-bond donors (Lipinski definition) is 1. The highest BCUT2D eigenvalue weighted by Gasteiger charge is 2.50. The molecular formula is C14H23F2N. The van der Waals surface area contributed by atoms with Gasteiger partial charge in [-0.15, -0.1) is 0 Å². The van der Waals surface area contributed by atoms with Gasteiger partial charge in [-0.3, -0.25) is 0 Å². The summed E-state index contributed by atoms with van der Waals surface area (Å²) < 4.78 is 29.1. The Bertz CT molecular complexity index is 261. The minimum Gasteiger partial charge on any atom is -0.311 e. The normalized spacial score (nSPS) is 39.5. The van der Waals surface area contributed by atoms with Crippen molar-refractivity contribution < 1.29 is 8.78 Å². The van der Waals surface area contributed by atoms with E-state index < -0.39 is 5.92 Å². The number of rotatable bonds is 2. The Morgan fingerprint density at radius 1 is 0.765 bits per heavy atom. The fourth-order valence-corrected chi connectivity index (χ4v) is 4.19. The lowest BCUT2D eigenvalue weighted by Gasteiger charge is -2.39. The Hall–Kier alpha value is -0.180. The minimum atomic E-state index is -2.40. The molecule has 1 aliphatic carbocycles. The average molecular weight is 243 g/mol. The number of fused-ring (bicyclic) bond motifs is 2. The molecule has 2 atom stereocenters. The lowest BCUT2D eigenvalue weighted by molar-refractivity contribution is -0.130. The molecule has 0 spiro atoms. The molecule has 0 radical (unpaired) electrons. The second kappa shape index (κ2) is 4.49. The van der Waals surface area contributed by atoms with Gasteiger partial charge in [0.2, 0.25) is 0 Å². The van der Waals surface area contributed by atoms with E-state index in [0.717, 1.165) is 44.9 Å². The molecule has 0 aromatic heterocycles. The Morgan fingerprint density at radius 3 is 1.94 bits per heavy atom. The van der Waals surface area contributed by atoms with Crippen LogP contribution in [-0.2, 0) is 0 Å². The van der Waals surface area contributed by atoms with Gasteiger partial charge in [0.1, 0.15) is 0 Å². The largest absolute Gasteiger partial charge is 0.311 e. The zero-order valence-corrected chi connectivity index (χ0v) is 10.4. The van der Waals surface area contributed by atoms with Crippen LogP contribution in [-0.4, -0.2) is 18.0 Å². The van der Waals surface area contributed by atoms with E-state index in [0.29, 0.717) is 24.9 Å². The molecule has 2 aliphatic heterocycles. The van der Waals surface area contributed by atoms with E-state index in [9.17, 15) is 8.78 Å². The standard InChI is InChI=1S/C14H23F2N/c15-14(16,10-4-2-1-3-5-10)11-8-12-6-7-13(9-11)17-12/h10-13,17H,1-9H2. The van der Waals surface area contributed by atoms with Crippen molar-refractivity contribution in [2.75, 3.05) is 0 Å². The third kappa shape index (κ3) is 2.23. The smallest absolute Gasteiger partial charge is 0.253 e. The van der Waals surface area contributed by atoms with Crippen LogP contribution in [0.25, 0.3) is 0 Å². The Balaban J connectivity index is 1.68. The summed E-state index contributed by atoms with van der Waals surface area (Å²) in [7, 11) is 0. The maximum atomic E-state index is 14.5. The van der Waals surface area contributed by atoms with E-state index in [1.165, 1.54) is 0 Å². The molecule has 2 unspecified atom stereocenters. The van der Waals surface area contributed by atoms with Gasteiger partial charge in [-0.1, -0.05) is 19.3 Å². The van der Waals surface area contributed by atoms with Crippen LogP contribution in [0.5, 0.6) is 0 Å². The molecule has 2 saturated heterocycles. The first-order valence-corrected chi connectivity index (χ1v) is 7.30. The van der Waals surface area contributed by atoms with Crippen LogP contribution in [0.3, 0.4) is 0 Å². The molecule has 0 aromatic carbocycles. The van der Waals surface area contributed by atoms with Gasteiger partial charge in [0.25, 0.3) is 5.92 Å². The van der Waals surface area contributed by atoms with E-state index in [-0.39, 0.29) is 11.8 Å². The van der Waals surface area contributed by atoms with Gasteiger partial charge in [0.05, 0.1) is 0 Å². The van der Waals surface area contributed by atoms with Crippen molar-refractivity contribution in [1.82, 2.24) is 5.32 Å². The molecule has 98 valence electrons. The summed E-state index contributed by atoms with van der Waals surface area (Å²) in [6.07, 6.45) is 8.34. The van der Waals surface area contributed by atoms with E-state index in [4.69, 9.17) is 0 Å². The zero-order valence-electron chi connectivity index (χ0n) is 10.4. The Kier molecular flexibility index (Phi) is 3.14. The number of nitrogens with one attached hydrogen (secondary N) is 1. The topological polar surface area (TPSA) is 12.0 Å². The summed E-state index contributed by atoms with van der Waals surface area (Å²) in [5, 5.41) is 3.46. The third-order valence-electron chi connectivity index (χ3n) is 5.17. The van der Waals surface area contributed by atoms with E-state index in [2.05, 4.69) is 5.32 Å². The van der Waals surface area contributed by atoms with Crippen molar-refractivity contribution in [2.24, 2.45) is 11.8 Å². The third-order valence-corrected chi connectivity index (χ3v) is 5.17. The van der Waals surface area contributed by atoms with Crippen molar-refractivity contribution in [3.63, 3.8) is 0 Å². The highest BCUT2D eigenvalue weighted by molar-refractivity contribution is 4.98. The quantitative estimate of drug-likeness (QED) is 0.779. The molecule has 3 aliphatic rings. The fraction of sp³-hybridized carbons (Fsp3) is 1.00. The molecule has 0 aromatic rings. The summed E-state index contributed by atoms with van der Waals surface area (Å²) in [5.74, 6) is -3.06. The molecule has 1 saturated carbocycles. The zero-order chi connectivity index (χ0) is 11.9. The Labute approximate surface area is 102 Å². The van der Waals surface area contributed by atoms with Gasteiger partial charge in [0, 0.05) is 23.9 Å². The summed E-state index contributed by atoms with van der Waals surface area (Å²) in [6, 6.07) is 0.765. The predicted octanol–water partition coefficient (Wildman–Crippen LogP) is 3.73. The highest BCUT2D eigenvalue weighted by Crippen LogP contribution is 2.47. The van der Waals surface area contributed by atoms with Crippen LogP contribution in [0.2, 0.25) is 0 Å². The van der Waals surface area contributed by atoms with Crippen molar-refractivity contribution in [3.8, 4) is 0 Å². The van der Waals surface area contributed by atoms with Gasteiger partial charge < -0.3 is 5.32 Å². The summed E-state index contributed by atoms with van der Waals surface area (Å²) in [4.78, 5) is 0. The van der Waals surface area contributed by atoms with E-state index in [1.807, 2.05) is 0 Å². The van der Waals surface area contributed by atoms with Crippen LogP contribution in [0.4, 0.5) is 8.78 Å². The summed E-state index contributed by atoms with van der Waals surface area (Å²) >= 11 is 0. The van der Waals surface area contributed by atoms with Gasteiger partial charge in [-0.2, -0.15) is 0 Å². The van der Waals surface area contributed by atoms with Crippen molar-refractivity contribution in [1.29, 1.82) is 0 Å². The lowest BCUT2D eigenvalue weighted by atomic mass is 9.75. The second-order valence-corrected chi connectivity index (χ2v) is 6.32. The molecule has 0 amide bonds. The monoisotopic (exact) mass is 243 g/mol. The number of alkyl halides is 2. The fourth-order valence-electron chi connectivity index (χ4n) is 4.19. The molecular weight excluding hydrogens is 220 g/mol. The summed E-state index contributed by atoms with van der Waals surface area (Å²) in [5.41, 5.74) is 0. The van der Waals surface area contributed by atoms with Gasteiger partial charge in [-0.05, 0) is 38.5 Å². The van der Waals surface area contributed by atoms with E-state index in [1.54, 1.807) is 0 Å². The SMILES string of the molecule is FC(F)(C1CCCCC1)C1CC2CCC(C1)N2. The van der Waals surface area contributed by atoms with Crippen LogP contribution in [0, 0.1) is 11.8 Å². The maximum Gasteiger partial charge on any atom is 0.253 e. The van der Waals surface area contributed by atoms with Crippen LogP contribution >= 0.6 is 0 Å². The average Bonchev–Trinajstić information content (AvgIpc) is 2.69. The molecule has 3 heteroatoms.